The highest BCUT2D eigenvalue weighted by Gasteiger charge is 2.26. The molecule has 1 aliphatic rings. The first kappa shape index (κ1) is 11.4. The number of ether oxygens (including phenoxy) is 2. The second kappa shape index (κ2) is 4.50. The third kappa shape index (κ3) is 1.91. The molecule has 0 unspecified atom stereocenters. The van der Waals surface area contributed by atoms with Gasteiger partial charge in [-0.05, 0) is 22.9 Å². The number of benzene rings is 2. The number of Topliss-reactive ketones (excluding diaryl/α,β-unsaturated/α-hetero) is 1. The third-order valence-corrected chi connectivity index (χ3v) is 3.23. The van der Waals surface area contributed by atoms with Gasteiger partial charge in [-0.3, -0.25) is 4.79 Å². The average molecular weight is 263 g/mol. The Kier molecular flexibility index (Phi) is 2.84. The van der Waals surface area contributed by atoms with Crippen molar-refractivity contribution in [2.45, 2.75) is 6.10 Å². The van der Waals surface area contributed by atoms with Crippen molar-refractivity contribution in [1.82, 2.24) is 0 Å². The van der Waals surface area contributed by atoms with Gasteiger partial charge in [-0.15, -0.1) is 11.6 Å². The number of carbonyl (C=O) groups is 1. The van der Waals surface area contributed by atoms with Crippen LogP contribution in [-0.2, 0) is 4.79 Å². The molecule has 0 aliphatic carbocycles. The molecule has 2 aromatic rings. The van der Waals surface area contributed by atoms with Crippen molar-refractivity contribution in [3.05, 3.63) is 36.4 Å². The van der Waals surface area contributed by atoms with E-state index in [0.717, 1.165) is 10.8 Å². The molecule has 1 heterocycles. The SMILES string of the molecule is O=C(CCl)[C@H]1COc2cc3ccccc3cc2O1. The summed E-state index contributed by atoms with van der Waals surface area (Å²) in [4.78, 5) is 11.5. The molecule has 0 saturated heterocycles. The quantitative estimate of drug-likeness (QED) is 0.781. The van der Waals surface area contributed by atoms with Gasteiger partial charge in [0, 0.05) is 0 Å². The fraction of sp³-hybridized carbons (Fsp3) is 0.214. The molecule has 4 heteroatoms. The number of carbonyl (C=O) groups excluding carboxylic acids is 1. The average Bonchev–Trinajstić information content (AvgIpc) is 2.43. The summed E-state index contributed by atoms with van der Waals surface area (Å²) in [5, 5.41) is 2.14. The van der Waals surface area contributed by atoms with Crippen LogP contribution >= 0.6 is 11.6 Å². The maximum absolute atomic E-state index is 11.5. The highest BCUT2D eigenvalue weighted by Crippen LogP contribution is 2.35. The van der Waals surface area contributed by atoms with Gasteiger partial charge in [-0.1, -0.05) is 24.3 Å². The van der Waals surface area contributed by atoms with Crippen molar-refractivity contribution in [2.24, 2.45) is 0 Å². The summed E-state index contributed by atoms with van der Waals surface area (Å²) in [6, 6.07) is 11.7. The summed E-state index contributed by atoms with van der Waals surface area (Å²) < 4.78 is 11.2. The van der Waals surface area contributed by atoms with Crippen molar-refractivity contribution in [1.29, 1.82) is 0 Å². The summed E-state index contributed by atoms with van der Waals surface area (Å²) in [6.07, 6.45) is -0.601. The zero-order chi connectivity index (χ0) is 12.5. The summed E-state index contributed by atoms with van der Waals surface area (Å²) in [7, 11) is 0. The van der Waals surface area contributed by atoms with Crippen LogP contribution < -0.4 is 9.47 Å². The van der Waals surface area contributed by atoms with Crippen LogP contribution in [0.2, 0.25) is 0 Å². The van der Waals surface area contributed by atoms with Gasteiger partial charge in [-0.2, -0.15) is 0 Å². The fourth-order valence-corrected chi connectivity index (χ4v) is 2.17. The van der Waals surface area contributed by atoms with E-state index in [1.54, 1.807) is 0 Å². The third-order valence-electron chi connectivity index (χ3n) is 2.96. The predicted octanol–water partition coefficient (Wildman–Crippen LogP) is 2.79. The minimum Gasteiger partial charge on any atom is -0.485 e. The molecular formula is C14H11ClO3. The molecule has 0 amide bonds. The van der Waals surface area contributed by atoms with Crippen molar-refractivity contribution < 1.29 is 14.3 Å². The molecule has 3 rings (SSSR count). The zero-order valence-corrected chi connectivity index (χ0v) is 10.3. The van der Waals surface area contributed by atoms with Gasteiger partial charge >= 0.3 is 0 Å². The molecule has 0 aromatic heterocycles. The topological polar surface area (TPSA) is 35.5 Å². The zero-order valence-electron chi connectivity index (χ0n) is 9.56. The van der Waals surface area contributed by atoms with Crippen LogP contribution in [0.25, 0.3) is 10.8 Å². The molecule has 0 N–H and O–H groups in total. The van der Waals surface area contributed by atoms with Crippen LogP contribution in [0, 0.1) is 0 Å². The second-order valence-electron chi connectivity index (χ2n) is 4.16. The number of ketones is 1. The number of alkyl halides is 1. The van der Waals surface area contributed by atoms with E-state index in [0.29, 0.717) is 11.5 Å². The predicted molar refractivity (Wildman–Crippen MR) is 69.6 cm³/mol. The Morgan fingerprint density at radius 3 is 2.56 bits per heavy atom. The first-order chi connectivity index (χ1) is 8.78. The van der Waals surface area contributed by atoms with Crippen LogP contribution in [-0.4, -0.2) is 24.4 Å². The standard InChI is InChI=1S/C14H11ClO3/c15-7-11(16)14-8-17-12-5-9-3-1-2-4-10(9)6-13(12)18-14/h1-6,14H,7-8H2/t14-/m1/s1. The van der Waals surface area contributed by atoms with E-state index in [1.807, 2.05) is 36.4 Å². The molecule has 1 atom stereocenters. The Morgan fingerprint density at radius 2 is 1.89 bits per heavy atom. The maximum atomic E-state index is 11.5. The van der Waals surface area contributed by atoms with Crippen LogP contribution in [0.5, 0.6) is 11.5 Å². The lowest BCUT2D eigenvalue weighted by molar-refractivity contribution is -0.125. The number of halogens is 1. The minimum absolute atomic E-state index is 0.0586. The highest BCUT2D eigenvalue weighted by molar-refractivity contribution is 6.28. The molecule has 0 radical (unpaired) electrons. The second-order valence-corrected chi connectivity index (χ2v) is 4.43. The van der Waals surface area contributed by atoms with E-state index >= 15 is 0 Å². The molecule has 0 saturated carbocycles. The summed E-state index contributed by atoms with van der Waals surface area (Å²) in [5.74, 6) is 1.06. The fourth-order valence-electron chi connectivity index (χ4n) is 2.00. The summed E-state index contributed by atoms with van der Waals surface area (Å²) >= 11 is 5.52. The van der Waals surface area contributed by atoms with Crippen LogP contribution in [0.4, 0.5) is 0 Å². The van der Waals surface area contributed by atoms with Gasteiger partial charge in [0.15, 0.2) is 23.4 Å². The highest BCUT2D eigenvalue weighted by atomic mass is 35.5. The van der Waals surface area contributed by atoms with E-state index in [9.17, 15) is 4.79 Å². The molecule has 0 spiro atoms. The van der Waals surface area contributed by atoms with Crippen molar-refractivity contribution >= 4 is 28.2 Å². The van der Waals surface area contributed by atoms with Crippen molar-refractivity contribution in [2.75, 3.05) is 12.5 Å². The molecule has 18 heavy (non-hydrogen) atoms. The Hall–Kier alpha value is -1.74. The molecule has 2 aromatic carbocycles. The molecule has 0 bridgehead atoms. The monoisotopic (exact) mass is 262 g/mol. The van der Waals surface area contributed by atoms with E-state index in [-0.39, 0.29) is 18.3 Å². The summed E-state index contributed by atoms with van der Waals surface area (Å²) in [6.45, 7) is 0.219. The van der Waals surface area contributed by atoms with Crippen molar-refractivity contribution in [3.8, 4) is 11.5 Å². The van der Waals surface area contributed by atoms with Gasteiger partial charge in [0.1, 0.15) is 6.61 Å². The minimum atomic E-state index is -0.601. The molecule has 92 valence electrons. The lowest BCUT2D eigenvalue weighted by Gasteiger charge is -2.25. The first-order valence-electron chi connectivity index (χ1n) is 5.69. The molecule has 1 aliphatic heterocycles. The Bertz CT molecular complexity index is 609. The smallest absolute Gasteiger partial charge is 0.192 e. The molecule has 0 fully saturated rings. The Morgan fingerprint density at radius 1 is 1.22 bits per heavy atom. The van der Waals surface area contributed by atoms with Gasteiger partial charge < -0.3 is 9.47 Å². The number of fused-ring (bicyclic) bond motifs is 2. The van der Waals surface area contributed by atoms with E-state index in [2.05, 4.69) is 0 Å². The lowest BCUT2D eigenvalue weighted by Crippen LogP contribution is -2.37. The Balaban J connectivity index is 2.00. The number of hydrogen-bond acceptors (Lipinski definition) is 3. The van der Waals surface area contributed by atoms with Crippen LogP contribution in [0.3, 0.4) is 0 Å². The van der Waals surface area contributed by atoms with Gasteiger partial charge in [0.25, 0.3) is 0 Å². The molecular weight excluding hydrogens is 252 g/mol. The summed E-state index contributed by atoms with van der Waals surface area (Å²) in [5.41, 5.74) is 0. The maximum Gasteiger partial charge on any atom is 0.192 e. The van der Waals surface area contributed by atoms with Gasteiger partial charge in [0.05, 0.1) is 5.88 Å². The van der Waals surface area contributed by atoms with E-state index in [4.69, 9.17) is 21.1 Å². The van der Waals surface area contributed by atoms with E-state index < -0.39 is 6.10 Å². The lowest BCUT2D eigenvalue weighted by atomic mass is 10.1. The van der Waals surface area contributed by atoms with E-state index in [1.165, 1.54) is 0 Å². The first-order valence-corrected chi connectivity index (χ1v) is 6.22. The Labute approximate surface area is 109 Å². The normalized spacial score (nSPS) is 17.7. The van der Waals surface area contributed by atoms with Crippen LogP contribution in [0.15, 0.2) is 36.4 Å². The van der Waals surface area contributed by atoms with Crippen LogP contribution in [0.1, 0.15) is 0 Å². The number of hydrogen-bond donors (Lipinski definition) is 0. The number of rotatable bonds is 2. The van der Waals surface area contributed by atoms with Crippen molar-refractivity contribution in [3.63, 3.8) is 0 Å². The largest absolute Gasteiger partial charge is 0.485 e. The molecule has 3 nitrogen and oxygen atoms in total. The van der Waals surface area contributed by atoms with Gasteiger partial charge in [0.2, 0.25) is 0 Å². The van der Waals surface area contributed by atoms with Gasteiger partial charge in [-0.25, -0.2) is 0 Å².